The molecular weight excluding hydrogens is 314 g/mol. The number of primary sulfonamides is 1. The lowest BCUT2D eigenvalue weighted by atomic mass is 9.80. The van der Waals surface area contributed by atoms with Crippen LogP contribution in [0.2, 0.25) is 0 Å². The number of carbonyl (C=O) groups is 1. The molecule has 0 saturated heterocycles. The molecule has 1 aliphatic carbocycles. The van der Waals surface area contributed by atoms with Crippen LogP contribution in [0.1, 0.15) is 31.9 Å². The summed E-state index contributed by atoms with van der Waals surface area (Å²) < 4.78 is 28.0. The van der Waals surface area contributed by atoms with Crippen molar-refractivity contribution in [2.75, 3.05) is 11.9 Å². The van der Waals surface area contributed by atoms with Gasteiger partial charge < -0.3 is 10.1 Å². The molecular formula is C12H19N3O4S2. The fourth-order valence-corrected chi connectivity index (χ4v) is 4.22. The maximum absolute atomic E-state index is 11.9. The zero-order valence-electron chi connectivity index (χ0n) is 12.0. The maximum Gasteiger partial charge on any atom is 0.249 e. The Labute approximate surface area is 127 Å². The third-order valence-electron chi connectivity index (χ3n) is 3.33. The minimum absolute atomic E-state index is 0.0159. The SMILES string of the molecule is CCOC1CC(CC(=O)Nc2nc(C)c(S(N)(=O)=O)s2)C1. The lowest BCUT2D eigenvalue weighted by Gasteiger charge is -2.34. The first-order valence-electron chi connectivity index (χ1n) is 6.71. The summed E-state index contributed by atoms with van der Waals surface area (Å²) in [5.74, 6) is 0.157. The van der Waals surface area contributed by atoms with Crippen molar-refractivity contribution in [1.82, 2.24) is 4.98 Å². The molecule has 1 heterocycles. The second-order valence-electron chi connectivity index (χ2n) is 5.10. The highest BCUT2D eigenvalue weighted by Crippen LogP contribution is 2.33. The molecule has 0 spiro atoms. The van der Waals surface area contributed by atoms with Gasteiger partial charge in [-0.25, -0.2) is 18.5 Å². The molecule has 1 aromatic rings. The number of nitrogens with two attached hydrogens (primary N) is 1. The molecule has 1 saturated carbocycles. The predicted molar refractivity (Wildman–Crippen MR) is 79.6 cm³/mol. The largest absolute Gasteiger partial charge is 0.378 e. The molecule has 2 rings (SSSR count). The number of aryl methyl sites for hydroxylation is 1. The van der Waals surface area contributed by atoms with E-state index in [0.717, 1.165) is 24.2 Å². The topological polar surface area (TPSA) is 111 Å². The molecule has 9 heteroatoms. The quantitative estimate of drug-likeness (QED) is 0.813. The molecule has 1 amide bonds. The highest BCUT2D eigenvalue weighted by molar-refractivity contribution is 7.91. The number of nitrogens with zero attached hydrogens (tertiary/aromatic N) is 1. The average molecular weight is 333 g/mol. The van der Waals surface area contributed by atoms with E-state index < -0.39 is 10.0 Å². The van der Waals surface area contributed by atoms with Crippen molar-refractivity contribution >= 4 is 32.4 Å². The zero-order chi connectivity index (χ0) is 15.6. The highest BCUT2D eigenvalue weighted by Gasteiger charge is 2.31. The Morgan fingerprint density at radius 3 is 2.71 bits per heavy atom. The number of aromatic nitrogens is 1. The summed E-state index contributed by atoms with van der Waals surface area (Å²) in [7, 11) is -3.79. The Balaban J connectivity index is 1.87. The van der Waals surface area contributed by atoms with E-state index in [-0.39, 0.29) is 21.4 Å². The van der Waals surface area contributed by atoms with Crippen LogP contribution in [0.25, 0.3) is 0 Å². The molecule has 118 valence electrons. The van der Waals surface area contributed by atoms with Crippen molar-refractivity contribution in [2.24, 2.45) is 11.1 Å². The van der Waals surface area contributed by atoms with Gasteiger partial charge in [-0.2, -0.15) is 0 Å². The van der Waals surface area contributed by atoms with Gasteiger partial charge in [-0.1, -0.05) is 11.3 Å². The highest BCUT2D eigenvalue weighted by atomic mass is 32.2. The van der Waals surface area contributed by atoms with Crippen LogP contribution in [0, 0.1) is 12.8 Å². The van der Waals surface area contributed by atoms with Crippen LogP contribution < -0.4 is 10.5 Å². The fourth-order valence-electron chi connectivity index (χ4n) is 2.35. The Morgan fingerprint density at radius 1 is 1.52 bits per heavy atom. The number of rotatable bonds is 6. The van der Waals surface area contributed by atoms with Crippen LogP contribution >= 0.6 is 11.3 Å². The van der Waals surface area contributed by atoms with E-state index in [0.29, 0.717) is 24.6 Å². The summed E-state index contributed by atoms with van der Waals surface area (Å²) in [5, 5.41) is 7.97. The number of nitrogens with one attached hydrogen (secondary N) is 1. The first-order chi connectivity index (χ1) is 9.79. The smallest absolute Gasteiger partial charge is 0.249 e. The summed E-state index contributed by atoms with van der Waals surface area (Å²) in [6.07, 6.45) is 2.44. The van der Waals surface area contributed by atoms with Crippen LogP contribution in [-0.2, 0) is 19.6 Å². The second kappa shape index (κ2) is 6.39. The van der Waals surface area contributed by atoms with Gasteiger partial charge in [0.1, 0.15) is 0 Å². The van der Waals surface area contributed by atoms with E-state index in [1.165, 1.54) is 0 Å². The molecule has 1 fully saturated rings. The number of anilines is 1. The van der Waals surface area contributed by atoms with Gasteiger partial charge in [-0.3, -0.25) is 4.79 Å². The maximum atomic E-state index is 11.9. The molecule has 3 N–H and O–H groups in total. The molecule has 0 aliphatic heterocycles. The number of hydrogen-bond acceptors (Lipinski definition) is 6. The fraction of sp³-hybridized carbons (Fsp3) is 0.667. The Hall–Kier alpha value is -1.03. The lowest BCUT2D eigenvalue weighted by molar-refractivity contribution is -0.119. The van der Waals surface area contributed by atoms with Crippen LogP contribution in [-0.4, -0.2) is 32.0 Å². The van der Waals surface area contributed by atoms with E-state index in [1.807, 2.05) is 6.92 Å². The van der Waals surface area contributed by atoms with Gasteiger partial charge in [-0.05, 0) is 32.6 Å². The van der Waals surface area contributed by atoms with Gasteiger partial charge >= 0.3 is 0 Å². The number of ether oxygens (including phenoxy) is 1. The molecule has 0 bridgehead atoms. The van der Waals surface area contributed by atoms with Gasteiger partial charge in [0.05, 0.1) is 11.8 Å². The number of sulfonamides is 1. The minimum Gasteiger partial charge on any atom is -0.378 e. The van der Waals surface area contributed by atoms with Crippen LogP contribution in [0.5, 0.6) is 0 Å². The van der Waals surface area contributed by atoms with Gasteiger partial charge in [-0.15, -0.1) is 0 Å². The predicted octanol–water partition coefficient (Wildman–Crippen LogP) is 1.24. The Morgan fingerprint density at radius 2 is 2.19 bits per heavy atom. The molecule has 0 unspecified atom stereocenters. The second-order valence-corrected chi connectivity index (χ2v) is 7.86. The Kier molecular flexibility index (Phi) is 4.97. The van der Waals surface area contributed by atoms with Gasteiger partial charge in [0.15, 0.2) is 9.34 Å². The van der Waals surface area contributed by atoms with Crippen molar-refractivity contribution in [2.45, 2.75) is 43.4 Å². The molecule has 0 radical (unpaired) electrons. The lowest BCUT2D eigenvalue weighted by Crippen LogP contribution is -2.33. The zero-order valence-corrected chi connectivity index (χ0v) is 13.6. The van der Waals surface area contributed by atoms with E-state index >= 15 is 0 Å². The standard InChI is InChI=1S/C12H19N3O4S2/c1-3-19-9-4-8(5-9)6-10(16)15-12-14-7(2)11(20-12)21(13,17)18/h8-9H,3-6H2,1-2H3,(H2,13,17,18)(H,14,15,16). The summed E-state index contributed by atoms with van der Waals surface area (Å²) in [6, 6.07) is 0. The molecule has 0 aromatic carbocycles. The Bertz CT molecular complexity index is 620. The number of carbonyl (C=O) groups excluding carboxylic acids is 1. The molecule has 7 nitrogen and oxygen atoms in total. The van der Waals surface area contributed by atoms with Crippen molar-refractivity contribution in [1.29, 1.82) is 0 Å². The summed E-state index contributed by atoms with van der Waals surface area (Å²) in [4.78, 5) is 15.9. The molecule has 1 aliphatic rings. The number of thiazole rings is 1. The van der Waals surface area contributed by atoms with Gasteiger partial charge in [0, 0.05) is 13.0 Å². The molecule has 0 atom stereocenters. The van der Waals surface area contributed by atoms with Gasteiger partial charge in [0.25, 0.3) is 0 Å². The monoisotopic (exact) mass is 333 g/mol. The summed E-state index contributed by atoms with van der Waals surface area (Å²) >= 11 is 0.875. The van der Waals surface area contributed by atoms with Crippen LogP contribution in [0.3, 0.4) is 0 Å². The average Bonchev–Trinajstić information content (AvgIpc) is 2.67. The summed E-state index contributed by atoms with van der Waals surface area (Å²) in [6.45, 7) is 4.19. The number of amides is 1. The third-order valence-corrected chi connectivity index (χ3v) is 5.95. The van der Waals surface area contributed by atoms with Crippen molar-refractivity contribution in [3.8, 4) is 0 Å². The first kappa shape index (κ1) is 16.3. The van der Waals surface area contributed by atoms with Crippen molar-refractivity contribution < 1.29 is 17.9 Å². The van der Waals surface area contributed by atoms with E-state index in [4.69, 9.17) is 9.88 Å². The van der Waals surface area contributed by atoms with E-state index in [2.05, 4.69) is 10.3 Å². The number of hydrogen-bond donors (Lipinski definition) is 2. The van der Waals surface area contributed by atoms with Crippen molar-refractivity contribution in [3.63, 3.8) is 0 Å². The van der Waals surface area contributed by atoms with Crippen molar-refractivity contribution in [3.05, 3.63) is 5.69 Å². The van der Waals surface area contributed by atoms with Crippen LogP contribution in [0.15, 0.2) is 4.21 Å². The molecule has 21 heavy (non-hydrogen) atoms. The molecule has 1 aromatic heterocycles. The first-order valence-corrected chi connectivity index (χ1v) is 9.07. The van der Waals surface area contributed by atoms with Crippen LogP contribution in [0.4, 0.5) is 5.13 Å². The normalized spacial score (nSPS) is 21.9. The van der Waals surface area contributed by atoms with E-state index in [1.54, 1.807) is 6.92 Å². The van der Waals surface area contributed by atoms with Gasteiger partial charge in [0.2, 0.25) is 15.9 Å². The van der Waals surface area contributed by atoms with E-state index in [9.17, 15) is 13.2 Å². The third kappa shape index (κ3) is 4.22. The minimum atomic E-state index is -3.79. The summed E-state index contributed by atoms with van der Waals surface area (Å²) in [5.41, 5.74) is 0.304.